The van der Waals surface area contributed by atoms with Crippen LogP contribution in [0.4, 0.5) is 0 Å². The van der Waals surface area contributed by atoms with Gasteiger partial charge < -0.3 is 28.8 Å². The molecular formula is C16H22O11S. The van der Waals surface area contributed by atoms with Gasteiger partial charge in [-0.3, -0.25) is 24.0 Å². The van der Waals surface area contributed by atoms with Crippen molar-refractivity contribution in [2.24, 2.45) is 0 Å². The lowest BCUT2D eigenvalue weighted by atomic mass is 9.99. The van der Waals surface area contributed by atoms with Crippen molar-refractivity contribution in [3.63, 3.8) is 0 Å². The number of carboxylic acid groups (broad SMARTS) is 1. The van der Waals surface area contributed by atoms with Crippen LogP contribution in [0.15, 0.2) is 0 Å². The van der Waals surface area contributed by atoms with E-state index in [0.717, 1.165) is 39.5 Å². The maximum atomic E-state index is 11.6. The van der Waals surface area contributed by atoms with Crippen LogP contribution in [0.1, 0.15) is 27.7 Å². The fourth-order valence-electron chi connectivity index (χ4n) is 2.48. The summed E-state index contributed by atoms with van der Waals surface area (Å²) in [6, 6.07) is 0. The number of thioether (sulfide) groups is 1. The van der Waals surface area contributed by atoms with Crippen LogP contribution >= 0.6 is 11.8 Å². The van der Waals surface area contributed by atoms with Crippen LogP contribution in [-0.4, -0.2) is 77.2 Å². The highest BCUT2D eigenvalue weighted by Crippen LogP contribution is 2.34. The number of hydrogen-bond donors (Lipinski definition) is 1. The summed E-state index contributed by atoms with van der Waals surface area (Å²) in [7, 11) is 0. The summed E-state index contributed by atoms with van der Waals surface area (Å²) in [4.78, 5) is 56.7. The zero-order chi connectivity index (χ0) is 21.4. The van der Waals surface area contributed by atoms with Crippen molar-refractivity contribution in [2.45, 2.75) is 57.5 Å². The molecule has 0 aromatic carbocycles. The Morgan fingerprint density at radius 2 is 1.32 bits per heavy atom. The van der Waals surface area contributed by atoms with E-state index in [4.69, 9.17) is 28.8 Å². The third kappa shape index (κ3) is 7.72. The molecule has 28 heavy (non-hydrogen) atoms. The molecule has 1 heterocycles. The number of carbonyl (C=O) groups excluding carboxylic acids is 4. The minimum atomic E-state index is -1.30. The first-order chi connectivity index (χ1) is 13.0. The first-order valence-electron chi connectivity index (χ1n) is 8.15. The van der Waals surface area contributed by atoms with Crippen molar-refractivity contribution in [1.29, 1.82) is 0 Å². The Bertz CT molecular complexity index is 576. The van der Waals surface area contributed by atoms with Crippen LogP contribution in [0, 0.1) is 0 Å². The molecule has 0 amide bonds. The summed E-state index contributed by atoms with van der Waals surface area (Å²) < 4.78 is 26.2. The first kappa shape index (κ1) is 23.7. The lowest BCUT2D eigenvalue weighted by Gasteiger charge is -2.44. The third-order valence-electron chi connectivity index (χ3n) is 3.32. The second-order valence-electron chi connectivity index (χ2n) is 5.77. The zero-order valence-electron chi connectivity index (χ0n) is 15.7. The summed E-state index contributed by atoms with van der Waals surface area (Å²) in [5, 5.41) is 8.93. The molecule has 12 heteroatoms. The molecule has 0 spiro atoms. The summed E-state index contributed by atoms with van der Waals surface area (Å²) in [6.07, 6.45) is -4.91. The molecule has 0 bridgehead atoms. The number of hydrogen-bond acceptors (Lipinski definition) is 11. The molecule has 0 aromatic heterocycles. The fourth-order valence-corrected chi connectivity index (χ4v) is 3.40. The van der Waals surface area contributed by atoms with Gasteiger partial charge in [0.15, 0.2) is 18.3 Å². The Hall–Kier alpha value is -2.34. The molecule has 1 aliphatic heterocycles. The van der Waals surface area contributed by atoms with Crippen molar-refractivity contribution in [2.75, 3.05) is 12.4 Å². The normalized spacial score (nSPS) is 26.6. The Morgan fingerprint density at radius 3 is 1.79 bits per heavy atom. The average molecular weight is 422 g/mol. The molecule has 1 fully saturated rings. The molecule has 11 nitrogen and oxygen atoms in total. The highest BCUT2D eigenvalue weighted by atomic mass is 32.2. The van der Waals surface area contributed by atoms with E-state index in [-0.39, 0.29) is 6.61 Å². The summed E-state index contributed by atoms with van der Waals surface area (Å²) in [5.41, 5.74) is -1.09. The van der Waals surface area contributed by atoms with Gasteiger partial charge in [0.25, 0.3) is 0 Å². The van der Waals surface area contributed by atoms with Gasteiger partial charge in [0, 0.05) is 27.7 Å². The van der Waals surface area contributed by atoms with Gasteiger partial charge in [0.1, 0.15) is 18.1 Å². The highest BCUT2D eigenvalue weighted by molar-refractivity contribution is 8.00. The van der Waals surface area contributed by atoms with E-state index in [2.05, 4.69) is 0 Å². The Labute approximate surface area is 165 Å². The molecule has 1 saturated heterocycles. The van der Waals surface area contributed by atoms with Gasteiger partial charge in [-0.1, -0.05) is 0 Å². The summed E-state index contributed by atoms with van der Waals surface area (Å²) in [6.45, 7) is 4.12. The smallest absolute Gasteiger partial charge is 0.313 e. The number of carboxylic acids is 1. The minimum absolute atomic E-state index is 0.359. The van der Waals surface area contributed by atoms with Crippen molar-refractivity contribution >= 4 is 41.6 Å². The maximum absolute atomic E-state index is 11.6. The van der Waals surface area contributed by atoms with Crippen LogP contribution < -0.4 is 0 Å². The molecule has 1 aliphatic rings. The van der Waals surface area contributed by atoms with Crippen molar-refractivity contribution < 1.29 is 52.8 Å². The molecule has 1 rings (SSSR count). The fraction of sp³-hybridized carbons (Fsp3) is 0.688. The molecule has 158 valence electrons. The lowest BCUT2D eigenvalue weighted by Crippen LogP contribution is -2.61. The number of ether oxygens (including phenoxy) is 5. The predicted octanol–water partition coefficient (Wildman–Crippen LogP) is -0.113. The topological polar surface area (TPSA) is 152 Å². The van der Waals surface area contributed by atoms with Crippen LogP contribution in [0.3, 0.4) is 0 Å². The van der Waals surface area contributed by atoms with E-state index in [0.29, 0.717) is 0 Å². The van der Waals surface area contributed by atoms with E-state index in [1.165, 1.54) is 0 Å². The Balaban J connectivity index is 3.26. The maximum Gasteiger partial charge on any atom is 0.313 e. The van der Waals surface area contributed by atoms with Crippen LogP contribution in [0.2, 0.25) is 0 Å². The summed E-state index contributed by atoms with van der Waals surface area (Å²) >= 11 is 0.774. The zero-order valence-corrected chi connectivity index (χ0v) is 16.6. The third-order valence-corrected chi connectivity index (χ3v) is 4.44. The van der Waals surface area contributed by atoms with Crippen molar-refractivity contribution in [3.05, 3.63) is 0 Å². The molecule has 0 aliphatic carbocycles. The second kappa shape index (κ2) is 10.9. The molecule has 5 atom stereocenters. The Kier molecular flexibility index (Phi) is 9.19. The van der Waals surface area contributed by atoms with E-state index in [1.807, 2.05) is 0 Å². The van der Waals surface area contributed by atoms with Crippen molar-refractivity contribution in [3.8, 4) is 0 Å². The number of aliphatic carboxylic acids is 1. The predicted molar refractivity (Wildman–Crippen MR) is 92.0 cm³/mol. The second-order valence-corrected chi connectivity index (χ2v) is 6.86. The Morgan fingerprint density at radius 1 is 0.821 bits per heavy atom. The molecule has 0 radical (unpaired) electrons. The summed E-state index contributed by atoms with van der Waals surface area (Å²) in [5.74, 6) is -4.44. The molecule has 0 saturated carbocycles. The minimum Gasteiger partial charge on any atom is -0.481 e. The molecule has 1 N–H and O–H groups in total. The number of esters is 4. The monoisotopic (exact) mass is 422 g/mol. The van der Waals surface area contributed by atoms with E-state index in [9.17, 15) is 24.0 Å². The van der Waals surface area contributed by atoms with Gasteiger partial charge in [0.2, 0.25) is 0 Å². The number of rotatable bonds is 8. The lowest BCUT2D eigenvalue weighted by molar-refractivity contribution is -0.237. The van der Waals surface area contributed by atoms with Gasteiger partial charge in [0.05, 0.1) is 5.75 Å². The highest BCUT2D eigenvalue weighted by Gasteiger charge is 2.52. The molecule has 0 aromatic rings. The molecular weight excluding hydrogens is 400 g/mol. The van der Waals surface area contributed by atoms with Crippen LogP contribution in [-0.2, 0) is 47.7 Å². The SMILES string of the molecule is CC(=O)OCC1OC(SCC(=O)O)C(OC(C)=O)C(OC(C)=O)C1OC(C)=O. The largest absolute Gasteiger partial charge is 0.481 e. The molecule has 5 unspecified atom stereocenters. The van der Waals surface area contributed by atoms with Crippen LogP contribution in [0.5, 0.6) is 0 Å². The van der Waals surface area contributed by atoms with Crippen molar-refractivity contribution in [1.82, 2.24) is 0 Å². The van der Waals surface area contributed by atoms with Gasteiger partial charge in [-0.15, -0.1) is 11.8 Å². The first-order valence-corrected chi connectivity index (χ1v) is 9.20. The quantitative estimate of drug-likeness (QED) is 0.410. The van der Waals surface area contributed by atoms with E-state index >= 15 is 0 Å². The van der Waals surface area contributed by atoms with Gasteiger partial charge >= 0.3 is 29.8 Å². The van der Waals surface area contributed by atoms with Gasteiger partial charge in [-0.25, -0.2) is 0 Å². The van der Waals surface area contributed by atoms with Gasteiger partial charge in [-0.2, -0.15) is 0 Å². The number of carbonyl (C=O) groups is 5. The standard InChI is InChI=1S/C16H22O11S/c1-7(17)23-5-11-13(24-8(2)18)14(25-9(3)19)15(26-10(4)20)16(27-11)28-6-12(21)22/h11,13-16H,5-6H2,1-4H3,(H,21,22). The average Bonchev–Trinajstić information content (AvgIpc) is 2.54. The van der Waals surface area contributed by atoms with Crippen LogP contribution in [0.25, 0.3) is 0 Å². The van der Waals surface area contributed by atoms with Gasteiger partial charge in [-0.05, 0) is 0 Å². The van der Waals surface area contributed by atoms with E-state index < -0.39 is 65.5 Å². The van der Waals surface area contributed by atoms with E-state index in [1.54, 1.807) is 0 Å².